The van der Waals surface area contributed by atoms with Gasteiger partial charge < -0.3 is 4.90 Å². The summed E-state index contributed by atoms with van der Waals surface area (Å²) in [4.78, 5) is 22.1. The van der Waals surface area contributed by atoms with Crippen molar-refractivity contribution in [3.63, 3.8) is 0 Å². The van der Waals surface area contributed by atoms with Crippen molar-refractivity contribution in [3.05, 3.63) is 29.0 Å². The molecule has 26 heavy (non-hydrogen) atoms. The number of amides is 1. The minimum Gasteiger partial charge on any atom is -0.340 e. The Morgan fingerprint density at radius 1 is 1.08 bits per heavy atom. The van der Waals surface area contributed by atoms with Gasteiger partial charge >= 0.3 is 0 Å². The molecular formula is C21H28ClN3O. The summed E-state index contributed by atoms with van der Waals surface area (Å²) in [5.74, 6) is 3.00. The van der Waals surface area contributed by atoms with E-state index in [0.717, 1.165) is 50.5 Å². The Kier molecular flexibility index (Phi) is 4.24. The Morgan fingerprint density at radius 2 is 1.69 bits per heavy atom. The van der Waals surface area contributed by atoms with Crippen LogP contribution in [-0.4, -0.2) is 46.9 Å². The number of halogens is 1. The lowest BCUT2D eigenvalue weighted by atomic mass is 9.49. The highest BCUT2D eigenvalue weighted by molar-refractivity contribution is 6.29. The van der Waals surface area contributed by atoms with Gasteiger partial charge in [-0.2, -0.15) is 0 Å². The van der Waals surface area contributed by atoms with Crippen molar-refractivity contribution in [1.29, 1.82) is 0 Å². The Labute approximate surface area is 160 Å². The monoisotopic (exact) mass is 373 g/mol. The van der Waals surface area contributed by atoms with E-state index in [-0.39, 0.29) is 5.41 Å². The number of hydrogen-bond donors (Lipinski definition) is 0. The maximum Gasteiger partial charge on any atom is 0.228 e. The van der Waals surface area contributed by atoms with Crippen molar-refractivity contribution in [2.45, 2.75) is 45.1 Å². The first-order valence-corrected chi connectivity index (χ1v) is 10.6. The molecule has 4 nitrogen and oxygen atoms in total. The first-order chi connectivity index (χ1) is 12.6. The quantitative estimate of drug-likeness (QED) is 0.759. The highest BCUT2D eigenvalue weighted by Crippen LogP contribution is 2.60. The van der Waals surface area contributed by atoms with Crippen molar-refractivity contribution in [1.82, 2.24) is 14.8 Å². The van der Waals surface area contributed by atoms with Crippen LogP contribution in [0.1, 0.15) is 44.1 Å². The van der Waals surface area contributed by atoms with Crippen molar-refractivity contribution in [2.24, 2.45) is 23.2 Å². The first kappa shape index (κ1) is 17.0. The third kappa shape index (κ3) is 3.05. The van der Waals surface area contributed by atoms with E-state index in [1.54, 1.807) is 6.20 Å². The summed E-state index contributed by atoms with van der Waals surface area (Å²) in [6, 6.07) is 3.97. The number of aromatic nitrogens is 1. The van der Waals surface area contributed by atoms with Crippen LogP contribution in [0.2, 0.25) is 5.15 Å². The molecule has 5 aliphatic rings. The molecule has 0 unspecified atom stereocenters. The normalized spacial score (nSPS) is 36.5. The van der Waals surface area contributed by atoms with Crippen LogP contribution in [0, 0.1) is 23.2 Å². The molecule has 1 amide bonds. The van der Waals surface area contributed by atoms with E-state index >= 15 is 0 Å². The van der Waals surface area contributed by atoms with Gasteiger partial charge in [-0.05, 0) is 74.0 Å². The second-order valence-corrected chi connectivity index (χ2v) is 9.64. The van der Waals surface area contributed by atoms with Crippen molar-refractivity contribution in [3.8, 4) is 0 Å². The minimum absolute atomic E-state index is 0.00947. The van der Waals surface area contributed by atoms with Gasteiger partial charge in [-0.3, -0.25) is 9.69 Å². The number of carbonyl (C=O) groups excluding carboxylic acids is 1. The third-order valence-corrected chi connectivity index (χ3v) is 7.56. The van der Waals surface area contributed by atoms with Gasteiger partial charge in [-0.1, -0.05) is 11.6 Å². The van der Waals surface area contributed by atoms with Crippen LogP contribution in [0.3, 0.4) is 0 Å². The number of carbonyl (C=O) groups is 1. The first-order valence-electron chi connectivity index (χ1n) is 10.2. The zero-order chi connectivity index (χ0) is 17.7. The second kappa shape index (κ2) is 6.49. The molecule has 0 atom stereocenters. The summed E-state index contributed by atoms with van der Waals surface area (Å²) in [7, 11) is 0. The average Bonchev–Trinajstić information content (AvgIpc) is 2.61. The standard InChI is InChI=1S/C21H28ClN3O/c22-19-10-15(1-2-23-19)14-24-3-5-25(6-4-24)20(26)21-11-16-7-17(12-21)9-18(8-16)13-21/h1-2,10,16-18H,3-9,11-14H2. The van der Waals surface area contributed by atoms with Crippen molar-refractivity contribution < 1.29 is 4.79 Å². The average molecular weight is 374 g/mol. The van der Waals surface area contributed by atoms with Gasteiger partial charge in [-0.15, -0.1) is 0 Å². The number of piperazine rings is 1. The molecule has 0 radical (unpaired) electrons. The van der Waals surface area contributed by atoms with Crippen LogP contribution < -0.4 is 0 Å². The number of pyridine rings is 1. The molecule has 2 heterocycles. The fraction of sp³-hybridized carbons (Fsp3) is 0.714. The minimum atomic E-state index is 0.00947. The molecule has 0 N–H and O–H groups in total. The van der Waals surface area contributed by atoms with Crippen LogP contribution in [0.15, 0.2) is 18.3 Å². The predicted octanol–water partition coefficient (Wildman–Crippen LogP) is 3.60. The number of rotatable bonds is 3. The molecule has 4 aliphatic carbocycles. The van der Waals surface area contributed by atoms with E-state index in [1.165, 1.54) is 44.1 Å². The molecule has 6 rings (SSSR count). The van der Waals surface area contributed by atoms with Gasteiger partial charge in [0.25, 0.3) is 0 Å². The molecule has 5 fully saturated rings. The molecule has 1 aromatic rings. The molecule has 140 valence electrons. The van der Waals surface area contributed by atoms with Crippen LogP contribution >= 0.6 is 11.6 Å². The Bertz CT molecular complexity index is 663. The number of nitrogens with zero attached hydrogens (tertiary/aromatic N) is 3. The summed E-state index contributed by atoms with van der Waals surface area (Å²) in [6.45, 7) is 4.55. The van der Waals surface area contributed by atoms with Crippen molar-refractivity contribution >= 4 is 17.5 Å². The third-order valence-electron chi connectivity index (χ3n) is 7.35. The lowest BCUT2D eigenvalue weighted by molar-refractivity contribution is -0.159. The Morgan fingerprint density at radius 3 is 2.27 bits per heavy atom. The summed E-state index contributed by atoms with van der Waals surface area (Å²) in [6.07, 6.45) is 9.48. The highest BCUT2D eigenvalue weighted by Gasteiger charge is 2.55. The highest BCUT2D eigenvalue weighted by atomic mass is 35.5. The van der Waals surface area contributed by atoms with Gasteiger partial charge in [0, 0.05) is 38.9 Å². The fourth-order valence-corrected chi connectivity index (χ4v) is 6.81. The second-order valence-electron chi connectivity index (χ2n) is 9.25. The van der Waals surface area contributed by atoms with Gasteiger partial charge in [-0.25, -0.2) is 4.98 Å². The maximum absolute atomic E-state index is 13.4. The molecule has 1 saturated heterocycles. The lowest BCUT2D eigenvalue weighted by Gasteiger charge is -2.57. The topological polar surface area (TPSA) is 36.4 Å². The molecule has 0 spiro atoms. The van der Waals surface area contributed by atoms with Crippen LogP contribution in [0.5, 0.6) is 0 Å². The largest absolute Gasteiger partial charge is 0.340 e. The zero-order valence-corrected chi connectivity index (χ0v) is 16.1. The SMILES string of the molecule is O=C(N1CCN(Cc2ccnc(Cl)c2)CC1)C12CC3CC(CC(C3)C1)C2. The van der Waals surface area contributed by atoms with Crippen LogP contribution in [0.25, 0.3) is 0 Å². The molecule has 4 bridgehead atoms. The molecule has 1 aromatic heterocycles. The summed E-state index contributed by atoms with van der Waals surface area (Å²) >= 11 is 5.99. The van der Waals surface area contributed by atoms with Crippen LogP contribution in [0.4, 0.5) is 0 Å². The predicted molar refractivity (Wildman–Crippen MR) is 102 cm³/mol. The molecule has 4 saturated carbocycles. The van der Waals surface area contributed by atoms with Gasteiger partial charge in [0.15, 0.2) is 0 Å². The summed E-state index contributed by atoms with van der Waals surface area (Å²) in [5.41, 5.74) is 1.21. The van der Waals surface area contributed by atoms with E-state index in [1.807, 2.05) is 12.1 Å². The fourth-order valence-electron chi connectivity index (χ4n) is 6.62. The smallest absolute Gasteiger partial charge is 0.228 e. The van der Waals surface area contributed by atoms with E-state index in [4.69, 9.17) is 11.6 Å². The van der Waals surface area contributed by atoms with E-state index in [2.05, 4.69) is 14.8 Å². The van der Waals surface area contributed by atoms with Gasteiger partial charge in [0.05, 0.1) is 5.41 Å². The molecule has 0 aromatic carbocycles. The molecule has 1 aliphatic heterocycles. The van der Waals surface area contributed by atoms with E-state index < -0.39 is 0 Å². The summed E-state index contributed by atoms with van der Waals surface area (Å²) < 4.78 is 0. The van der Waals surface area contributed by atoms with E-state index in [0.29, 0.717) is 11.1 Å². The van der Waals surface area contributed by atoms with Gasteiger partial charge in [0.2, 0.25) is 5.91 Å². The summed E-state index contributed by atoms with van der Waals surface area (Å²) in [5, 5.41) is 0.554. The molecular weight excluding hydrogens is 346 g/mol. The Hall–Kier alpha value is -1.13. The van der Waals surface area contributed by atoms with Crippen molar-refractivity contribution in [2.75, 3.05) is 26.2 Å². The van der Waals surface area contributed by atoms with Gasteiger partial charge in [0.1, 0.15) is 5.15 Å². The number of hydrogen-bond acceptors (Lipinski definition) is 3. The molecule has 5 heteroatoms. The Balaban J connectivity index is 1.21. The lowest BCUT2D eigenvalue weighted by Crippen LogP contribution is -2.58. The maximum atomic E-state index is 13.4. The zero-order valence-electron chi connectivity index (χ0n) is 15.4. The van der Waals surface area contributed by atoms with Crippen LogP contribution in [-0.2, 0) is 11.3 Å². The van der Waals surface area contributed by atoms with E-state index in [9.17, 15) is 4.79 Å².